The van der Waals surface area contributed by atoms with Gasteiger partial charge in [0.15, 0.2) is 0 Å². The summed E-state index contributed by atoms with van der Waals surface area (Å²) >= 11 is 0. The maximum Gasteiger partial charge on any atom is 0.416 e. The number of rotatable bonds is 4. The highest BCUT2D eigenvalue weighted by Gasteiger charge is 2.35. The third-order valence-electron chi connectivity index (χ3n) is 6.87. The van der Waals surface area contributed by atoms with Crippen LogP contribution in [-0.2, 0) is 6.18 Å². The monoisotopic (exact) mass is 430 g/mol. The minimum absolute atomic E-state index is 0.0426. The minimum atomic E-state index is -4.34. The van der Waals surface area contributed by atoms with Gasteiger partial charge in [-0.3, -0.25) is 9.69 Å². The summed E-state index contributed by atoms with van der Waals surface area (Å²) in [5, 5.41) is 0. The van der Waals surface area contributed by atoms with Crippen molar-refractivity contribution in [3.63, 3.8) is 0 Å². The molecule has 166 valence electrons. The standard InChI is InChI=1S/C25H29F3N2O/c1-17-5-6-18(2)30(17)16-23-4-3-15-29(23)24(31)21-9-7-19(8-10-21)20-11-13-22(14-12-20)25(26,27)28/h7-14,17-18,23H,3-6,15-16H2,1-2H3/t17-,18+,23-/m0/s1. The maximum atomic E-state index is 13.2. The van der Waals surface area contributed by atoms with Crippen LogP contribution in [0.1, 0.15) is 55.5 Å². The molecule has 6 heteroatoms. The Kier molecular flexibility index (Phi) is 6.11. The summed E-state index contributed by atoms with van der Waals surface area (Å²) in [6, 6.07) is 13.7. The summed E-state index contributed by atoms with van der Waals surface area (Å²) in [6.45, 7) is 6.24. The Labute approximate surface area is 181 Å². The lowest BCUT2D eigenvalue weighted by atomic mass is 10.0. The van der Waals surface area contributed by atoms with Crippen molar-refractivity contribution < 1.29 is 18.0 Å². The molecule has 0 bridgehead atoms. The van der Waals surface area contributed by atoms with Gasteiger partial charge in [-0.1, -0.05) is 24.3 Å². The third kappa shape index (κ3) is 4.64. The smallest absolute Gasteiger partial charge is 0.334 e. The van der Waals surface area contributed by atoms with Gasteiger partial charge < -0.3 is 4.90 Å². The van der Waals surface area contributed by atoms with Crippen LogP contribution in [0.25, 0.3) is 11.1 Å². The predicted molar refractivity (Wildman–Crippen MR) is 116 cm³/mol. The summed E-state index contributed by atoms with van der Waals surface area (Å²) in [5.74, 6) is 0.0426. The zero-order chi connectivity index (χ0) is 22.2. The second kappa shape index (κ2) is 8.65. The number of halogens is 3. The van der Waals surface area contributed by atoms with E-state index in [4.69, 9.17) is 0 Å². The molecule has 3 atom stereocenters. The third-order valence-corrected chi connectivity index (χ3v) is 6.87. The SMILES string of the molecule is C[C@@H]1CC[C@H](C)N1C[C@@H]1CCCN1C(=O)c1ccc(-c2ccc(C(F)(F)F)cc2)cc1. The van der Waals surface area contributed by atoms with Crippen molar-refractivity contribution in [3.8, 4) is 11.1 Å². The summed E-state index contributed by atoms with van der Waals surface area (Å²) < 4.78 is 38.3. The zero-order valence-electron chi connectivity index (χ0n) is 18.0. The van der Waals surface area contributed by atoms with Crippen LogP contribution >= 0.6 is 0 Å². The Morgan fingerprint density at radius 2 is 1.45 bits per heavy atom. The molecule has 1 amide bonds. The van der Waals surface area contributed by atoms with Gasteiger partial charge in [0, 0.05) is 36.8 Å². The van der Waals surface area contributed by atoms with Gasteiger partial charge in [-0.05, 0) is 74.9 Å². The largest absolute Gasteiger partial charge is 0.416 e. The first-order valence-corrected chi connectivity index (χ1v) is 11.1. The molecule has 0 N–H and O–H groups in total. The second-order valence-electron chi connectivity index (χ2n) is 8.92. The molecular weight excluding hydrogens is 401 g/mol. The van der Waals surface area contributed by atoms with Crippen molar-refractivity contribution in [2.75, 3.05) is 13.1 Å². The summed E-state index contributed by atoms with van der Waals surface area (Å²) in [5.41, 5.74) is 1.46. The van der Waals surface area contributed by atoms with Crippen LogP contribution < -0.4 is 0 Å². The lowest BCUT2D eigenvalue weighted by Crippen LogP contribution is -2.46. The molecule has 3 nitrogen and oxygen atoms in total. The van der Waals surface area contributed by atoms with Gasteiger partial charge in [0.05, 0.1) is 5.56 Å². The first-order chi connectivity index (χ1) is 14.7. The number of hydrogen-bond donors (Lipinski definition) is 0. The van der Waals surface area contributed by atoms with E-state index in [1.165, 1.54) is 25.0 Å². The Morgan fingerprint density at radius 1 is 0.903 bits per heavy atom. The van der Waals surface area contributed by atoms with E-state index in [-0.39, 0.29) is 11.9 Å². The second-order valence-corrected chi connectivity index (χ2v) is 8.92. The highest BCUT2D eigenvalue weighted by molar-refractivity contribution is 5.95. The van der Waals surface area contributed by atoms with E-state index >= 15 is 0 Å². The van der Waals surface area contributed by atoms with Crippen LogP contribution in [0.3, 0.4) is 0 Å². The molecule has 0 radical (unpaired) electrons. The van der Waals surface area contributed by atoms with Crippen molar-refractivity contribution in [2.24, 2.45) is 0 Å². The van der Waals surface area contributed by atoms with Gasteiger partial charge in [-0.15, -0.1) is 0 Å². The molecule has 2 heterocycles. The average molecular weight is 431 g/mol. The molecule has 0 aromatic heterocycles. The molecule has 2 saturated heterocycles. The molecule has 2 aromatic rings. The Hall–Kier alpha value is -2.34. The van der Waals surface area contributed by atoms with Crippen molar-refractivity contribution in [3.05, 3.63) is 59.7 Å². The fraction of sp³-hybridized carbons (Fsp3) is 0.480. The number of hydrogen-bond acceptors (Lipinski definition) is 2. The Bertz CT molecular complexity index is 898. The number of carbonyl (C=O) groups excluding carboxylic acids is 1. The topological polar surface area (TPSA) is 23.6 Å². The van der Waals surface area contributed by atoms with Crippen molar-refractivity contribution in [1.29, 1.82) is 0 Å². The molecule has 2 fully saturated rings. The lowest BCUT2D eigenvalue weighted by molar-refractivity contribution is -0.137. The van der Waals surface area contributed by atoms with Crippen molar-refractivity contribution >= 4 is 5.91 Å². The van der Waals surface area contributed by atoms with Crippen LogP contribution in [0.2, 0.25) is 0 Å². The molecule has 31 heavy (non-hydrogen) atoms. The number of likely N-dealkylation sites (tertiary alicyclic amines) is 2. The van der Waals surface area contributed by atoms with Gasteiger partial charge in [-0.2, -0.15) is 13.2 Å². The van der Waals surface area contributed by atoms with E-state index in [9.17, 15) is 18.0 Å². The summed E-state index contributed by atoms with van der Waals surface area (Å²) in [6.07, 6.45) is 0.147. The minimum Gasteiger partial charge on any atom is -0.334 e. The van der Waals surface area contributed by atoms with Crippen LogP contribution in [0.5, 0.6) is 0 Å². The molecule has 4 rings (SSSR count). The first kappa shape index (κ1) is 21.9. The molecular formula is C25H29F3N2O. The number of benzene rings is 2. The van der Waals surface area contributed by atoms with Crippen LogP contribution in [-0.4, -0.2) is 46.9 Å². The van der Waals surface area contributed by atoms with E-state index in [2.05, 4.69) is 18.7 Å². The van der Waals surface area contributed by atoms with Crippen LogP contribution in [0, 0.1) is 0 Å². The van der Waals surface area contributed by atoms with Gasteiger partial charge in [0.2, 0.25) is 0 Å². The van der Waals surface area contributed by atoms with E-state index in [0.717, 1.165) is 43.6 Å². The van der Waals surface area contributed by atoms with E-state index in [0.29, 0.717) is 23.2 Å². The van der Waals surface area contributed by atoms with Gasteiger partial charge in [0.1, 0.15) is 0 Å². The maximum absolute atomic E-state index is 13.2. The molecule has 2 aliphatic rings. The molecule has 0 aliphatic carbocycles. The average Bonchev–Trinajstić information content (AvgIpc) is 3.35. The van der Waals surface area contributed by atoms with Gasteiger partial charge in [0.25, 0.3) is 5.91 Å². The van der Waals surface area contributed by atoms with Gasteiger partial charge in [-0.25, -0.2) is 0 Å². The van der Waals surface area contributed by atoms with E-state index < -0.39 is 11.7 Å². The molecule has 0 spiro atoms. The number of amides is 1. The molecule has 2 aliphatic heterocycles. The lowest BCUT2D eigenvalue weighted by Gasteiger charge is -2.33. The van der Waals surface area contributed by atoms with Crippen molar-refractivity contribution in [1.82, 2.24) is 9.80 Å². The van der Waals surface area contributed by atoms with Crippen molar-refractivity contribution in [2.45, 2.75) is 63.8 Å². The molecule has 0 unspecified atom stereocenters. The first-order valence-electron chi connectivity index (χ1n) is 11.1. The fourth-order valence-electron chi connectivity index (χ4n) is 4.97. The normalized spacial score (nSPS) is 24.7. The Balaban J connectivity index is 1.45. The Morgan fingerprint density at radius 3 is 2.00 bits per heavy atom. The summed E-state index contributed by atoms with van der Waals surface area (Å²) in [7, 11) is 0. The predicted octanol–water partition coefficient (Wildman–Crippen LogP) is 5.85. The number of nitrogens with zero attached hydrogens (tertiary/aromatic N) is 2. The summed E-state index contributed by atoms with van der Waals surface area (Å²) in [4.78, 5) is 17.7. The van der Waals surface area contributed by atoms with Gasteiger partial charge >= 0.3 is 6.18 Å². The molecule has 0 saturated carbocycles. The van der Waals surface area contributed by atoms with Crippen LogP contribution in [0.15, 0.2) is 48.5 Å². The van der Waals surface area contributed by atoms with E-state index in [1.54, 1.807) is 12.1 Å². The van der Waals surface area contributed by atoms with E-state index in [1.807, 2.05) is 17.0 Å². The number of carbonyl (C=O) groups is 1. The quantitative estimate of drug-likeness (QED) is 0.608. The zero-order valence-corrected chi connectivity index (χ0v) is 18.0. The molecule has 2 aromatic carbocycles. The fourth-order valence-corrected chi connectivity index (χ4v) is 4.97. The highest BCUT2D eigenvalue weighted by Crippen LogP contribution is 2.32. The number of alkyl halides is 3. The highest BCUT2D eigenvalue weighted by atomic mass is 19.4. The van der Waals surface area contributed by atoms with Crippen LogP contribution in [0.4, 0.5) is 13.2 Å².